The maximum Gasteiger partial charge on any atom is 0.349 e. The van der Waals surface area contributed by atoms with Crippen molar-refractivity contribution >= 4 is 17.2 Å². The highest BCUT2D eigenvalue weighted by molar-refractivity contribution is 7.16. The van der Waals surface area contributed by atoms with Gasteiger partial charge in [0.15, 0.2) is 5.13 Å². The molecule has 0 fully saturated rings. The lowest BCUT2D eigenvalue weighted by Crippen LogP contribution is -2.22. The van der Waals surface area contributed by atoms with Crippen LogP contribution >= 0.6 is 11.3 Å². The maximum atomic E-state index is 12.3. The number of rotatable bonds is 4. The number of thiazole rings is 1. The second kappa shape index (κ2) is 5.94. The first kappa shape index (κ1) is 14.2. The van der Waals surface area contributed by atoms with Crippen LogP contribution < -0.4 is 11.0 Å². The molecule has 0 aliphatic carbocycles. The van der Waals surface area contributed by atoms with E-state index in [2.05, 4.69) is 20.5 Å². The highest BCUT2D eigenvalue weighted by Gasteiger charge is 2.17. The largest absolute Gasteiger partial charge is 0.349 e. The minimum atomic E-state index is -0.384. The summed E-state index contributed by atoms with van der Waals surface area (Å²) < 4.78 is 1.27. The molecule has 7 nitrogen and oxygen atoms in total. The van der Waals surface area contributed by atoms with Crippen LogP contribution in [0, 0.1) is 6.92 Å². The summed E-state index contributed by atoms with van der Waals surface area (Å²) in [4.78, 5) is 28.5. The third kappa shape index (κ3) is 2.82. The molecule has 0 radical (unpaired) electrons. The van der Waals surface area contributed by atoms with Crippen LogP contribution in [0.4, 0.5) is 0 Å². The Balaban J connectivity index is 1.77. The van der Waals surface area contributed by atoms with Gasteiger partial charge in [-0.05, 0) is 12.5 Å². The molecule has 1 amide bonds. The van der Waals surface area contributed by atoms with Gasteiger partial charge in [0.2, 0.25) is 0 Å². The number of aromatic amines is 1. The van der Waals surface area contributed by atoms with Crippen LogP contribution in [0.3, 0.4) is 0 Å². The van der Waals surface area contributed by atoms with E-state index in [1.54, 1.807) is 6.92 Å². The van der Waals surface area contributed by atoms with Crippen molar-refractivity contribution in [3.63, 3.8) is 0 Å². The average molecular weight is 315 g/mol. The van der Waals surface area contributed by atoms with Gasteiger partial charge in [0.05, 0.1) is 5.69 Å². The molecule has 0 aliphatic rings. The molecule has 2 N–H and O–H groups in total. The van der Waals surface area contributed by atoms with Crippen molar-refractivity contribution in [2.45, 2.75) is 13.5 Å². The van der Waals surface area contributed by atoms with E-state index >= 15 is 0 Å². The van der Waals surface area contributed by atoms with Gasteiger partial charge >= 0.3 is 5.69 Å². The zero-order valence-electron chi connectivity index (χ0n) is 11.7. The standard InChI is InChI=1S/C14H13N5O2S/c1-9-11(12(20)15-7-10-5-3-2-4-6-10)22-14(17-9)19-8-16-18-13(19)21/h2-6,8H,7H2,1H3,(H,15,20)(H,18,21). The molecule has 0 saturated carbocycles. The van der Waals surface area contributed by atoms with Gasteiger partial charge in [0.1, 0.15) is 11.2 Å². The molecular formula is C14H13N5O2S. The molecule has 2 aromatic heterocycles. The summed E-state index contributed by atoms with van der Waals surface area (Å²) in [6, 6.07) is 9.64. The summed E-state index contributed by atoms with van der Waals surface area (Å²) in [7, 11) is 0. The molecule has 0 aliphatic heterocycles. The van der Waals surface area contributed by atoms with E-state index in [1.807, 2.05) is 30.3 Å². The Kier molecular flexibility index (Phi) is 3.84. The predicted molar refractivity (Wildman–Crippen MR) is 82.2 cm³/mol. The molecule has 8 heteroatoms. The third-order valence-electron chi connectivity index (χ3n) is 3.05. The van der Waals surface area contributed by atoms with Crippen LogP contribution in [0.1, 0.15) is 20.9 Å². The molecule has 0 saturated heterocycles. The van der Waals surface area contributed by atoms with Crippen molar-refractivity contribution in [3.8, 4) is 5.13 Å². The van der Waals surface area contributed by atoms with Gasteiger partial charge < -0.3 is 5.32 Å². The highest BCUT2D eigenvalue weighted by Crippen LogP contribution is 2.20. The molecule has 112 valence electrons. The number of benzene rings is 1. The van der Waals surface area contributed by atoms with Crippen molar-refractivity contribution in [2.75, 3.05) is 0 Å². The summed E-state index contributed by atoms with van der Waals surface area (Å²) in [5.74, 6) is -0.207. The number of aryl methyl sites for hydroxylation is 1. The quantitative estimate of drug-likeness (QED) is 0.758. The molecule has 0 bridgehead atoms. The van der Waals surface area contributed by atoms with Crippen LogP contribution in [0.25, 0.3) is 5.13 Å². The summed E-state index contributed by atoms with van der Waals surface area (Å²) in [5.41, 5.74) is 1.22. The van der Waals surface area contributed by atoms with Crippen molar-refractivity contribution in [1.82, 2.24) is 25.1 Å². The fourth-order valence-corrected chi connectivity index (χ4v) is 2.89. The van der Waals surface area contributed by atoms with Crippen LogP contribution in [-0.2, 0) is 6.54 Å². The summed E-state index contributed by atoms with van der Waals surface area (Å²) >= 11 is 1.15. The summed E-state index contributed by atoms with van der Waals surface area (Å²) in [5, 5.41) is 9.21. The minimum absolute atomic E-state index is 0.207. The van der Waals surface area contributed by atoms with Crippen LogP contribution in [0.2, 0.25) is 0 Å². The Bertz CT molecular complexity index is 850. The van der Waals surface area contributed by atoms with E-state index in [0.29, 0.717) is 22.2 Å². The van der Waals surface area contributed by atoms with Crippen LogP contribution in [0.15, 0.2) is 41.5 Å². The number of hydrogen-bond donors (Lipinski definition) is 2. The highest BCUT2D eigenvalue weighted by atomic mass is 32.1. The number of H-pyrrole nitrogens is 1. The number of amides is 1. The summed E-state index contributed by atoms with van der Waals surface area (Å²) in [6.07, 6.45) is 1.34. The van der Waals surface area contributed by atoms with Gasteiger partial charge in [-0.15, -0.1) is 0 Å². The second-order valence-corrected chi connectivity index (χ2v) is 5.59. The topological polar surface area (TPSA) is 92.7 Å². The molecular weight excluding hydrogens is 302 g/mol. The molecule has 0 unspecified atom stereocenters. The molecule has 2 heterocycles. The lowest BCUT2D eigenvalue weighted by molar-refractivity contribution is 0.0954. The van der Waals surface area contributed by atoms with Crippen LogP contribution in [-0.4, -0.2) is 25.7 Å². The van der Waals surface area contributed by atoms with Gasteiger partial charge in [-0.3, -0.25) is 4.79 Å². The van der Waals surface area contributed by atoms with Gasteiger partial charge in [-0.2, -0.15) is 5.10 Å². The SMILES string of the molecule is Cc1nc(-n2cn[nH]c2=O)sc1C(=O)NCc1ccccc1. The smallest absolute Gasteiger partial charge is 0.347 e. The van der Waals surface area contributed by atoms with Gasteiger partial charge in [0, 0.05) is 6.54 Å². The zero-order valence-corrected chi connectivity index (χ0v) is 12.6. The lowest BCUT2D eigenvalue weighted by atomic mass is 10.2. The average Bonchev–Trinajstić information content (AvgIpc) is 3.11. The van der Waals surface area contributed by atoms with E-state index < -0.39 is 0 Å². The number of hydrogen-bond acceptors (Lipinski definition) is 5. The monoisotopic (exact) mass is 315 g/mol. The van der Waals surface area contributed by atoms with Crippen molar-refractivity contribution < 1.29 is 4.79 Å². The van der Waals surface area contributed by atoms with E-state index in [9.17, 15) is 9.59 Å². The first-order chi connectivity index (χ1) is 10.6. The van der Waals surface area contributed by atoms with Gasteiger partial charge in [-0.25, -0.2) is 19.4 Å². The number of aromatic nitrogens is 4. The number of nitrogens with one attached hydrogen (secondary N) is 2. The minimum Gasteiger partial charge on any atom is -0.347 e. The second-order valence-electron chi connectivity index (χ2n) is 4.61. The number of carbonyl (C=O) groups excluding carboxylic acids is 1. The fraction of sp³-hybridized carbons (Fsp3) is 0.143. The molecule has 3 aromatic rings. The zero-order chi connectivity index (χ0) is 15.5. The van der Waals surface area contributed by atoms with Crippen LogP contribution in [0.5, 0.6) is 0 Å². The van der Waals surface area contributed by atoms with E-state index in [1.165, 1.54) is 10.9 Å². The third-order valence-corrected chi connectivity index (χ3v) is 4.20. The Morgan fingerprint density at radius 2 is 2.14 bits per heavy atom. The predicted octanol–water partition coefficient (Wildman–Crippen LogP) is 1.26. The van der Waals surface area contributed by atoms with E-state index in [4.69, 9.17) is 0 Å². The van der Waals surface area contributed by atoms with Gasteiger partial charge in [-0.1, -0.05) is 41.7 Å². The molecule has 3 rings (SSSR count). The van der Waals surface area contributed by atoms with Crippen molar-refractivity contribution in [2.24, 2.45) is 0 Å². The van der Waals surface area contributed by atoms with Gasteiger partial charge in [0.25, 0.3) is 5.91 Å². The first-order valence-corrected chi connectivity index (χ1v) is 7.39. The Morgan fingerprint density at radius 3 is 2.82 bits per heavy atom. The fourth-order valence-electron chi connectivity index (χ4n) is 1.94. The normalized spacial score (nSPS) is 10.6. The molecule has 22 heavy (non-hydrogen) atoms. The number of carbonyl (C=O) groups is 1. The number of nitrogens with zero attached hydrogens (tertiary/aromatic N) is 3. The molecule has 0 atom stereocenters. The van der Waals surface area contributed by atoms with E-state index in [-0.39, 0.29) is 11.6 Å². The van der Waals surface area contributed by atoms with Crippen molar-refractivity contribution in [1.29, 1.82) is 0 Å². The van der Waals surface area contributed by atoms with E-state index in [0.717, 1.165) is 16.9 Å². The Labute approximate surface area is 129 Å². The molecule has 1 aromatic carbocycles. The molecule has 0 spiro atoms. The van der Waals surface area contributed by atoms with Crippen molar-refractivity contribution in [3.05, 3.63) is 63.3 Å². The first-order valence-electron chi connectivity index (χ1n) is 6.57. The summed E-state index contributed by atoms with van der Waals surface area (Å²) in [6.45, 7) is 2.18. The Hall–Kier alpha value is -2.74. The maximum absolute atomic E-state index is 12.3. The Morgan fingerprint density at radius 1 is 1.36 bits per heavy atom. The lowest BCUT2D eigenvalue weighted by Gasteiger charge is -2.03.